The molecule has 11 heteroatoms. The summed E-state index contributed by atoms with van der Waals surface area (Å²) in [5, 5.41) is 5.78. The highest BCUT2D eigenvalue weighted by molar-refractivity contribution is 7.91. The number of hydrogen-bond donors (Lipinski definition) is 1. The smallest absolute Gasteiger partial charge is 0.320 e. The van der Waals surface area contributed by atoms with E-state index in [2.05, 4.69) is 10.3 Å². The summed E-state index contributed by atoms with van der Waals surface area (Å²) in [7, 11) is -0.268. The van der Waals surface area contributed by atoms with Crippen molar-refractivity contribution in [3.8, 4) is 0 Å². The van der Waals surface area contributed by atoms with Crippen LogP contribution in [0.25, 0.3) is 10.8 Å². The first kappa shape index (κ1) is 28.5. The Balaban J connectivity index is 1.67. The largest absolute Gasteiger partial charge is 0.351 e. The van der Waals surface area contributed by atoms with Crippen LogP contribution in [-0.2, 0) is 21.7 Å². The molecular weight excluding hydrogens is 544 g/mol. The molecule has 2 aromatic carbocycles. The van der Waals surface area contributed by atoms with Gasteiger partial charge in [-0.1, -0.05) is 30.7 Å². The van der Waals surface area contributed by atoms with Crippen molar-refractivity contribution in [1.82, 2.24) is 14.4 Å². The fourth-order valence-corrected chi connectivity index (χ4v) is 7.78. The SMILES string of the molecule is CCCNC(=O)c1c([N+]2(C(=O)CCS(=O)(=O)c3ccc4cc(Cl)ccc4c3)CCCCC2)sc(=NC)n1C. The van der Waals surface area contributed by atoms with Crippen molar-refractivity contribution in [2.24, 2.45) is 12.0 Å². The number of rotatable bonds is 8. The minimum absolute atomic E-state index is 0.0192. The number of carbonyl (C=O) groups excluding carboxylic acids is 2. The average molecular weight is 578 g/mol. The number of piperidine rings is 1. The maximum absolute atomic E-state index is 14.0. The van der Waals surface area contributed by atoms with Gasteiger partial charge in [-0.2, -0.15) is 0 Å². The second kappa shape index (κ2) is 11.7. The minimum atomic E-state index is -3.71. The molecule has 0 unspecified atom stereocenters. The Hall–Kier alpha value is -2.53. The Morgan fingerprint density at radius 1 is 1.11 bits per heavy atom. The first-order chi connectivity index (χ1) is 18.1. The number of halogens is 1. The molecule has 2 heterocycles. The van der Waals surface area contributed by atoms with E-state index in [4.69, 9.17) is 11.6 Å². The van der Waals surface area contributed by atoms with E-state index in [1.165, 1.54) is 11.3 Å². The molecule has 1 N–H and O–H groups in total. The van der Waals surface area contributed by atoms with Gasteiger partial charge in [0.1, 0.15) is 0 Å². The van der Waals surface area contributed by atoms with Crippen molar-refractivity contribution >= 4 is 60.4 Å². The average Bonchev–Trinajstić information content (AvgIpc) is 3.27. The second-order valence-corrected chi connectivity index (χ2v) is 13.2. The summed E-state index contributed by atoms with van der Waals surface area (Å²) in [5.74, 6) is -0.727. The van der Waals surface area contributed by atoms with E-state index in [1.807, 2.05) is 6.92 Å². The lowest BCUT2D eigenvalue weighted by Gasteiger charge is -2.37. The Bertz CT molecular complexity index is 1540. The van der Waals surface area contributed by atoms with Gasteiger partial charge < -0.3 is 9.88 Å². The number of quaternary nitrogens is 1. The van der Waals surface area contributed by atoms with Gasteiger partial charge in [-0.05, 0) is 72.1 Å². The maximum Gasteiger partial charge on any atom is 0.320 e. The van der Waals surface area contributed by atoms with Crippen LogP contribution < -0.4 is 14.6 Å². The predicted octanol–water partition coefficient (Wildman–Crippen LogP) is 4.45. The number of nitrogens with zero attached hydrogens (tertiary/aromatic N) is 3. The van der Waals surface area contributed by atoms with Crippen molar-refractivity contribution in [3.05, 3.63) is 51.9 Å². The third-order valence-electron chi connectivity index (χ3n) is 7.12. The monoisotopic (exact) mass is 577 g/mol. The quantitative estimate of drug-likeness (QED) is 0.400. The van der Waals surface area contributed by atoms with Crippen LogP contribution in [0.15, 0.2) is 46.3 Å². The van der Waals surface area contributed by atoms with E-state index in [9.17, 15) is 18.0 Å². The Morgan fingerprint density at radius 2 is 1.79 bits per heavy atom. The summed E-state index contributed by atoms with van der Waals surface area (Å²) in [4.78, 5) is 32.3. The number of amides is 2. The Morgan fingerprint density at radius 3 is 2.47 bits per heavy atom. The fraction of sp³-hybridized carbons (Fsp3) is 0.444. The van der Waals surface area contributed by atoms with E-state index < -0.39 is 9.84 Å². The molecule has 1 fully saturated rings. The minimum Gasteiger partial charge on any atom is -0.351 e. The molecule has 204 valence electrons. The highest BCUT2D eigenvalue weighted by Gasteiger charge is 2.45. The topological polar surface area (TPSA) is 97.6 Å². The lowest BCUT2D eigenvalue weighted by atomic mass is 10.1. The van der Waals surface area contributed by atoms with E-state index in [0.717, 1.165) is 36.5 Å². The molecule has 1 aliphatic rings. The molecule has 38 heavy (non-hydrogen) atoms. The highest BCUT2D eigenvalue weighted by Crippen LogP contribution is 2.36. The molecule has 4 rings (SSSR count). The fourth-order valence-electron chi connectivity index (χ4n) is 5.06. The van der Waals surface area contributed by atoms with Gasteiger partial charge in [-0.15, -0.1) is 0 Å². The first-order valence-electron chi connectivity index (χ1n) is 12.9. The molecule has 0 spiro atoms. The Kier molecular flexibility index (Phi) is 8.76. The zero-order valence-electron chi connectivity index (χ0n) is 22.0. The van der Waals surface area contributed by atoms with E-state index in [0.29, 0.717) is 40.2 Å². The number of sulfone groups is 1. The summed E-state index contributed by atoms with van der Waals surface area (Å²) in [6.45, 7) is 3.58. The van der Waals surface area contributed by atoms with Crippen molar-refractivity contribution in [2.75, 3.05) is 32.4 Å². The molecule has 0 radical (unpaired) electrons. The molecule has 3 aromatic rings. The molecular formula is C27H34ClN4O4S2+. The van der Waals surface area contributed by atoms with Crippen LogP contribution in [0.4, 0.5) is 5.00 Å². The van der Waals surface area contributed by atoms with Gasteiger partial charge in [0, 0.05) is 25.7 Å². The summed E-state index contributed by atoms with van der Waals surface area (Å²) < 4.78 is 28.3. The standard InChI is InChI=1S/C27H33ClN4O4S2/c1-4-13-30-25(34)24-26(37-27(29-2)31(24)3)32(14-6-5-7-15-32)23(33)12-16-38(35,36)22-11-9-19-17-21(28)10-8-20(19)18-22/h8-11,17-18H,4-7,12-16H2,1-3H3/p+1. The number of fused-ring (bicyclic) bond motifs is 1. The lowest BCUT2D eigenvalue weighted by Crippen LogP contribution is -2.58. The number of nitrogens with one attached hydrogen (secondary N) is 1. The number of benzene rings is 2. The predicted molar refractivity (Wildman–Crippen MR) is 153 cm³/mol. The number of thiazole rings is 1. The first-order valence-corrected chi connectivity index (χ1v) is 15.7. The number of carbonyl (C=O) groups is 2. The van der Waals surface area contributed by atoms with Gasteiger partial charge in [-0.25, -0.2) is 17.7 Å². The molecule has 1 aromatic heterocycles. The summed E-state index contributed by atoms with van der Waals surface area (Å²) in [6.07, 6.45) is 3.28. The van der Waals surface area contributed by atoms with Gasteiger partial charge in [0.15, 0.2) is 20.3 Å². The molecule has 0 bridgehead atoms. The van der Waals surface area contributed by atoms with Gasteiger partial charge in [-0.3, -0.25) is 9.79 Å². The van der Waals surface area contributed by atoms with Gasteiger partial charge in [0.05, 0.1) is 30.2 Å². The maximum atomic E-state index is 14.0. The van der Waals surface area contributed by atoms with Gasteiger partial charge in [0.2, 0.25) is 5.00 Å². The van der Waals surface area contributed by atoms with Crippen molar-refractivity contribution in [3.63, 3.8) is 0 Å². The summed E-state index contributed by atoms with van der Waals surface area (Å²) >= 11 is 7.40. The van der Waals surface area contributed by atoms with Crippen LogP contribution in [0, 0.1) is 0 Å². The van der Waals surface area contributed by atoms with Gasteiger partial charge >= 0.3 is 5.91 Å². The van der Waals surface area contributed by atoms with Crippen LogP contribution in [0.1, 0.15) is 49.5 Å². The molecule has 0 aliphatic carbocycles. The molecule has 1 saturated heterocycles. The van der Waals surface area contributed by atoms with Gasteiger partial charge in [0.25, 0.3) is 5.91 Å². The van der Waals surface area contributed by atoms with Crippen molar-refractivity contribution < 1.29 is 18.0 Å². The van der Waals surface area contributed by atoms with E-state index in [-0.39, 0.29) is 33.4 Å². The van der Waals surface area contributed by atoms with Crippen molar-refractivity contribution in [1.29, 1.82) is 0 Å². The third-order valence-corrected chi connectivity index (χ3v) is 10.4. The van der Waals surface area contributed by atoms with Crippen LogP contribution in [-0.4, -0.2) is 57.2 Å². The third kappa shape index (κ3) is 5.59. The lowest BCUT2D eigenvalue weighted by molar-refractivity contribution is -0.130. The summed E-state index contributed by atoms with van der Waals surface area (Å²) in [6, 6.07) is 10.2. The van der Waals surface area contributed by atoms with Crippen molar-refractivity contribution in [2.45, 2.75) is 43.9 Å². The normalized spacial score (nSPS) is 16.1. The summed E-state index contributed by atoms with van der Waals surface area (Å²) in [5.41, 5.74) is 0.426. The number of aromatic nitrogens is 1. The van der Waals surface area contributed by atoms with E-state index >= 15 is 0 Å². The highest BCUT2D eigenvalue weighted by atomic mass is 35.5. The van der Waals surface area contributed by atoms with Crippen LogP contribution in [0.2, 0.25) is 5.02 Å². The molecule has 2 amide bonds. The molecule has 0 atom stereocenters. The Labute approximate surface area is 232 Å². The number of hydrogen-bond acceptors (Lipinski definition) is 6. The molecule has 1 aliphatic heterocycles. The van der Waals surface area contributed by atoms with Crippen LogP contribution in [0.3, 0.4) is 0 Å². The number of likely N-dealkylation sites (tertiary alicyclic amines) is 1. The molecule has 8 nitrogen and oxygen atoms in total. The molecule has 0 saturated carbocycles. The van der Waals surface area contributed by atoms with Crippen LogP contribution >= 0.6 is 22.9 Å². The zero-order chi connectivity index (χ0) is 27.5. The van der Waals surface area contributed by atoms with Crippen LogP contribution in [0.5, 0.6) is 0 Å². The zero-order valence-corrected chi connectivity index (χ0v) is 24.4. The second-order valence-electron chi connectivity index (χ2n) is 9.67. The van der Waals surface area contributed by atoms with E-state index in [1.54, 1.807) is 55.1 Å².